The van der Waals surface area contributed by atoms with Crippen molar-refractivity contribution in [2.24, 2.45) is 0 Å². The molecule has 20 aromatic rings. The maximum atomic E-state index is 2.55. The molecule has 0 aromatic heterocycles. The van der Waals surface area contributed by atoms with Crippen LogP contribution in [-0.4, -0.2) is 0 Å². The average molecular weight is 1060 g/mol. The van der Waals surface area contributed by atoms with E-state index in [1.165, 1.54) is 206 Å². The Morgan fingerprint density at radius 1 is 0.131 bits per heavy atom. The van der Waals surface area contributed by atoms with Gasteiger partial charge < -0.3 is 0 Å². The second-order valence-electron chi connectivity index (χ2n) is 23.7. The molecular weight excluding hydrogens is 1010 g/mol. The topological polar surface area (TPSA) is 0 Å². The first-order chi connectivity index (χ1) is 41.6. The Hall–Kier alpha value is -10.9. The van der Waals surface area contributed by atoms with Crippen molar-refractivity contribution >= 4 is 162 Å². The van der Waals surface area contributed by atoms with Gasteiger partial charge in [-0.25, -0.2) is 0 Å². The van der Waals surface area contributed by atoms with E-state index in [1.54, 1.807) is 0 Å². The van der Waals surface area contributed by atoms with Crippen LogP contribution < -0.4 is 0 Å². The van der Waals surface area contributed by atoms with E-state index in [9.17, 15) is 0 Å². The second-order valence-corrected chi connectivity index (χ2v) is 23.7. The zero-order chi connectivity index (χ0) is 54.5. The molecule has 0 radical (unpaired) electrons. The SMILES string of the molecule is c1ccc2c(c1)ccc1c3ccc(-c4c(-c5cccc6c5ccc5c7ccccc7ccc65)c5c(-c6cc7cccc8ccc9cccc6c9c87)c(-c6cc7ccc8cccc9ccc(c6)c7c89)cc6ccc7cccc4c7c65)cc3ccc21. The minimum absolute atomic E-state index is 1.20. The lowest BCUT2D eigenvalue weighted by atomic mass is 9.76. The third-order valence-electron chi connectivity index (χ3n) is 19.6. The largest absolute Gasteiger partial charge is 0.0616 e. The second kappa shape index (κ2) is 16.4. The molecule has 0 bridgehead atoms. The molecule has 382 valence electrons. The summed E-state index contributed by atoms with van der Waals surface area (Å²) in [5.41, 5.74) is 9.86. The summed E-state index contributed by atoms with van der Waals surface area (Å²) >= 11 is 0. The van der Waals surface area contributed by atoms with Crippen LogP contribution in [-0.2, 0) is 0 Å². The van der Waals surface area contributed by atoms with Crippen LogP contribution >= 0.6 is 0 Å². The van der Waals surface area contributed by atoms with Crippen LogP contribution in [0.2, 0.25) is 0 Å². The first-order valence-electron chi connectivity index (χ1n) is 29.5. The van der Waals surface area contributed by atoms with Gasteiger partial charge in [-0.1, -0.05) is 249 Å². The summed E-state index contributed by atoms with van der Waals surface area (Å²) in [6, 6.07) is 107. The van der Waals surface area contributed by atoms with Gasteiger partial charge in [0.15, 0.2) is 0 Å². The Labute approximate surface area is 482 Å². The van der Waals surface area contributed by atoms with Gasteiger partial charge in [0.25, 0.3) is 0 Å². The van der Waals surface area contributed by atoms with Crippen molar-refractivity contribution in [1.29, 1.82) is 0 Å². The Kier molecular flexibility index (Phi) is 8.74. The molecular formula is C84H46. The van der Waals surface area contributed by atoms with E-state index in [2.05, 4.69) is 279 Å². The van der Waals surface area contributed by atoms with Crippen LogP contribution in [0.15, 0.2) is 279 Å². The van der Waals surface area contributed by atoms with Gasteiger partial charge in [-0.3, -0.25) is 0 Å². The fourth-order valence-electron chi connectivity index (χ4n) is 16.0. The van der Waals surface area contributed by atoms with Crippen LogP contribution in [0.3, 0.4) is 0 Å². The van der Waals surface area contributed by atoms with Crippen molar-refractivity contribution in [1.82, 2.24) is 0 Å². The normalized spacial score (nSPS) is 12.5. The highest BCUT2D eigenvalue weighted by Gasteiger charge is 2.29. The third-order valence-corrected chi connectivity index (χ3v) is 19.6. The molecule has 0 amide bonds. The van der Waals surface area contributed by atoms with Crippen molar-refractivity contribution in [2.75, 3.05) is 0 Å². The van der Waals surface area contributed by atoms with Gasteiger partial charge in [0.05, 0.1) is 0 Å². The van der Waals surface area contributed by atoms with Crippen molar-refractivity contribution in [3.05, 3.63) is 279 Å². The number of benzene rings is 20. The van der Waals surface area contributed by atoms with Gasteiger partial charge in [0.1, 0.15) is 0 Å². The smallest absolute Gasteiger partial charge is 0.000116 e. The van der Waals surface area contributed by atoms with E-state index < -0.39 is 0 Å². The summed E-state index contributed by atoms with van der Waals surface area (Å²) in [5.74, 6) is 0. The zero-order valence-electron chi connectivity index (χ0n) is 45.6. The molecule has 0 unspecified atom stereocenters. The van der Waals surface area contributed by atoms with Gasteiger partial charge >= 0.3 is 0 Å². The Balaban J connectivity index is 1.02. The Morgan fingerprint density at radius 3 is 1.17 bits per heavy atom. The van der Waals surface area contributed by atoms with E-state index in [0.29, 0.717) is 0 Å². The summed E-state index contributed by atoms with van der Waals surface area (Å²) in [6.07, 6.45) is 0. The Morgan fingerprint density at radius 2 is 0.500 bits per heavy atom. The number of hydrogen-bond donors (Lipinski definition) is 0. The summed E-state index contributed by atoms with van der Waals surface area (Å²) in [4.78, 5) is 0. The van der Waals surface area contributed by atoms with Crippen molar-refractivity contribution in [2.45, 2.75) is 0 Å². The first-order valence-corrected chi connectivity index (χ1v) is 29.5. The molecule has 0 N–H and O–H groups in total. The summed E-state index contributed by atoms with van der Waals surface area (Å²) in [5, 5.41) is 38.1. The first kappa shape index (κ1) is 44.8. The highest BCUT2D eigenvalue weighted by molar-refractivity contribution is 6.38. The molecule has 20 aromatic carbocycles. The van der Waals surface area contributed by atoms with Crippen LogP contribution in [0.4, 0.5) is 0 Å². The standard InChI is InChI=1S/C84H46/c1-3-18-61-47(10-1)32-37-66-63-36-35-58(42-54(63)34-39-65(61)66)80-72-23-8-16-53-28-31-59-45-73(60-43-56-29-26-49-12-5-13-50-27-30-57(44-60)77(56)75(49)50)82(74-46-55-17-6-14-51-24-25-52-15-7-21-71(74)78(52)76(51)55)84(81(59)79(53)72)83(80)70-22-9-20-64-68-38-33-48-11-2-4-19-62(48)67(68)40-41-69(64)70/h1-46H. The number of hydrogen-bond acceptors (Lipinski definition) is 0. The van der Waals surface area contributed by atoms with E-state index in [0.717, 1.165) is 0 Å². The molecule has 0 fully saturated rings. The van der Waals surface area contributed by atoms with E-state index in [1.807, 2.05) is 0 Å². The van der Waals surface area contributed by atoms with Crippen molar-refractivity contribution in [3.63, 3.8) is 0 Å². The molecule has 0 saturated heterocycles. The van der Waals surface area contributed by atoms with Gasteiger partial charge in [0, 0.05) is 0 Å². The van der Waals surface area contributed by atoms with Crippen molar-refractivity contribution in [3.8, 4) is 44.5 Å². The van der Waals surface area contributed by atoms with Crippen LogP contribution in [0, 0.1) is 0 Å². The lowest BCUT2D eigenvalue weighted by Gasteiger charge is -2.27. The van der Waals surface area contributed by atoms with E-state index >= 15 is 0 Å². The monoisotopic (exact) mass is 1050 g/mol. The van der Waals surface area contributed by atoms with Crippen LogP contribution in [0.25, 0.3) is 206 Å². The third kappa shape index (κ3) is 5.96. The number of rotatable bonds is 4. The highest BCUT2D eigenvalue weighted by Crippen LogP contribution is 2.57. The van der Waals surface area contributed by atoms with Gasteiger partial charge in [-0.05, 0) is 236 Å². The van der Waals surface area contributed by atoms with E-state index in [-0.39, 0.29) is 0 Å². The summed E-state index contributed by atoms with van der Waals surface area (Å²) < 4.78 is 0. The molecule has 84 heavy (non-hydrogen) atoms. The molecule has 20 rings (SSSR count). The fraction of sp³-hybridized carbons (Fsp3) is 0. The zero-order valence-corrected chi connectivity index (χ0v) is 45.6. The molecule has 0 spiro atoms. The average Bonchev–Trinajstić information content (AvgIpc) is 1.05. The lowest BCUT2D eigenvalue weighted by molar-refractivity contribution is 1.66. The van der Waals surface area contributed by atoms with Gasteiger partial charge in [0.2, 0.25) is 0 Å². The Bertz CT molecular complexity index is 6210. The van der Waals surface area contributed by atoms with Crippen molar-refractivity contribution < 1.29 is 0 Å². The number of fused-ring (bicyclic) bond motifs is 10. The molecule has 0 aliphatic heterocycles. The maximum Gasteiger partial charge on any atom is -0.000116 e. The highest BCUT2D eigenvalue weighted by atomic mass is 14.3. The molecule has 0 heterocycles. The van der Waals surface area contributed by atoms with E-state index in [4.69, 9.17) is 0 Å². The molecule has 0 nitrogen and oxygen atoms in total. The minimum atomic E-state index is 1.20. The lowest BCUT2D eigenvalue weighted by Crippen LogP contribution is -1.99. The predicted octanol–water partition coefficient (Wildman–Crippen LogP) is 24.0. The van der Waals surface area contributed by atoms with Gasteiger partial charge in [-0.15, -0.1) is 0 Å². The quantitative estimate of drug-likeness (QED) is 0.154. The fourth-order valence-corrected chi connectivity index (χ4v) is 16.0. The predicted molar refractivity (Wildman–Crippen MR) is 364 cm³/mol. The molecule has 0 aliphatic rings. The van der Waals surface area contributed by atoms with Gasteiger partial charge in [-0.2, -0.15) is 0 Å². The minimum Gasteiger partial charge on any atom is -0.0616 e. The molecule has 0 aliphatic carbocycles. The van der Waals surface area contributed by atoms with Crippen LogP contribution in [0.5, 0.6) is 0 Å². The maximum absolute atomic E-state index is 2.55. The summed E-state index contributed by atoms with van der Waals surface area (Å²) in [6.45, 7) is 0. The van der Waals surface area contributed by atoms with Crippen LogP contribution in [0.1, 0.15) is 0 Å². The molecule has 0 atom stereocenters. The molecule has 0 heteroatoms. The summed E-state index contributed by atoms with van der Waals surface area (Å²) in [7, 11) is 0. The molecule has 0 saturated carbocycles.